The molecule has 2 unspecified atom stereocenters. The zero-order valence-electron chi connectivity index (χ0n) is 14.9. The number of pyridine rings is 1. The number of thiocarbonyl (C=S) groups is 1. The Hall–Kier alpha value is -2.49. The number of hydrogen-bond donors (Lipinski definition) is 2. The summed E-state index contributed by atoms with van der Waals surface area (Å²) in [5.74, 6) is 0. The average Bonchev–Trinajstić information content (AvgIpc) is 3.29. The lowest BCUT2D eigenvalue weighted by Gasteiger charge is -2.27. The Kier molecular flexibility index (Phi) is 5.05. The smallest absolute Gasteiger partial charge is 0.229 e. The van der Waals surface area contributed by atoms with Gasteiger partial charge in [0.15, 0.2) is 5.11 Å². The maximum Gasteiger partial charge on any atom is 0.229 e. The molecule has 3 aromatic rings. The van der Waals surface area contributed by atoms with Crippen molar-refractivity contribution in [2.24, 2.45) is 0 Å². The second-order valence-corrected chi connectivity index (χ2v) is 9.55. The van der Waals surface area contributed by atoms with Gasteiger partial charge in [-0.1, -0.05) is 12.1 Å². The Morgan fingerprint density at radius 3 is 2.54 bits per heavy atom. The van der Waals surface area contributed by atoms with E-state index < -0.39 is 10.0 Å². The molecule has 0 amide bonds. The topological polar surface area (TPSA) is 74.3 Å². The minimum Gasteiger partial charge on any atom is -0.351 e. The lowest BCUT2D eigenvalue weighted by atomic mass is 10.0. The molecule has 28 heavy (non-hydrogen) atoms. The first kappa shape index (κ1) is 18.9. The van der Waals surface area contributed by atoms with Crippen molar-refractivity contribution in [2.45, 2.75) is 12.1 Å². The maximum absolute atomic E-state index is 11.4. The number of anilines is 2. The zero-order chi connectivity index (χ0) is 19.7. The summed E-state index contributed by atoms with van der Waals surface area (Å²) in [5, 5.41) is 6.05. The first-order chi connectivity index (χ1) is 13.4. The largest absolute Gasteiger partial charge is 0.351 e. The van der Waals surface area contributed by atoms with Crippen molar-refractivity contribution < 1.29 is 8.42 Å². The van der Waals surface area contributed by atoms with Gasteiger partial charge in [-0.25, -0.2) is 8.42 Å². The van der Waals surface area contributed by atoms with Gasteiger partial charge in [0.1, 0.15) is 0 Å². The summed E-state index contributed by atoms with van der Waals surface area (Å²) >= 11 is 7.32. The molecule has 9 heteroatoms. The maximum atomic E-state index is 11.4. The number of aromatic nitrogens is 1. The Labute approximate surface area is 173 Å². The molecule has 0 saturated carbocycles. The summed E-state index contributed by atoms with van der Waals surface area (Å²) in [7, 11) is -3.32. The minimum absolute atomic E-state index is 0.0453. The van der Waals surface area contributed by atoms with E-state index in [2.05, 4.69) is 26.0 Å². The van der Waals surface area contributed by atoms with Gasteiger partial charge in [-0.3, -0.25) is 9.71 Å². The summed E-state index contributed by atoms with van der Waals surface area (Å²) in [6.07, 6.45) is 2.91. The highest BCUT2D eigenvalue weighted by Crippen LogP contribution is 2.43. The van der Waals surface area contributed by atoms with Crippen molar-refractivity contribution >= 4 is 50.1 Å². The summed E-state index contributed by atoms with van der Waals surface area (Å²) in [4.78, 5) is 7.75. The van der Waals surface area contributed by atoms with E-state index in [1.165, 1.54) is 4.88 Å². The van der Waals surface area contributed by atoms with Crippen LogP contribution in [0.1, 0.15) is 22.7 Å². The minimum atomic E-state index is -3.32. The van der Waals surface area contributed by atoms with Gasteiger partial charge in [-0.15, -0.1) is 11.3 Å². The third-order valence-corrected chi connectivity index (χ3v) is 6.25. The number of nitrogens with one attached hydrogen (secondary N) is 2. The van der Waals surface area contributed by atoms with E-state index in [0.717, 1.165) is 17.6 Å². The van der Waals surface area contributed by atoms with Crippen molar-refractivity contribution in [3.63, 3.8) is 0 Å². The Morgan fingerprint density at radius 2 is 1.93 bits per heavy atom. The highest BCUT2D eigenvalue weighted by molar-refractivity contribution is 7.92. The molecular formula is C19H18N4O2S3. The molecule has 1 aromatic carbocycles. The lowest BCUT2D eigenvalue weighted by molar-refractivity contribution is 0.575. The fourth-order valence-electron chi connectivity index (χ4n) is 3.29. The molecule has 0 bridgehead atoms. The molecule has 3 heterocycles. The van der Waals surface area contributed by atoms with E-state index in [1.807, 2.05) is 41.8 Å². The molecule has 144 valence electrons. The van der Waals surface area contributed by atoms with Gasteiger partial charge in [0, 0.05) is 22.4 Å². The van der Waals surface area contributed by atoms with Crippen molar-refractivity contribution in [2.75, 3.05) is 15.9 Å². The van der Waals surface area contributed by atoms with Crippen molar-refractivity contribution in [1.29, 1.82) is 0 Å². The van der Waals surface area contributed by atoms with Gasteiger partial charge < -0.3 is 10.2 Å². The van der Waals surface area contributed by atoms with Crippen LogP contribution in [0.15, 0.2) is 66.2 Å². The van der Waals surface area contributed by atoms with E-state index in [1.54, 1.807) is 29.7 Å². The molecule has 4 rings (SSSR count). The summed E-state index contributed by atoms with van der Waals surface area (Å²) in [6.45, 7) is 0. The van der Waals surface area contributed by atoms with Crippen LogP contribution in [-0.4, -0.2) is 24.8 Å². The number of thiophene rings is 1. The Balaban J connectivity index is 1.71. The monoisotopic (exact) mass is 430 g/mol. The van der Waals surface area contributed by atoms with Crippen LogP contribution in [0.3, 0.4) is 0 Å². The molecule has 0 aliphatic carbocycles. The number of rotatable bonds is 5. The van der Waals surface area contributed by atoms with E-state index in [-0.39, 0.29) is 12.1 Å². The van der Waals surface area contributed by atoms with Crippen molar-refractivity contribution in [1.82, 2.24) is 10.3 Å². The fourth-order valence-corrected chi connectivity index (χ4v) is 5.05. The Bertz CT molecular complexity index is 1070. The molecule has 0 spiro atoms. The first-order valence-electron chi connectivity index (χ1n) is 8.54. The van der Waals surface area contributed by atoms with Crippen LogP contribution < -0.4 is 14.9 Å². The van der Waals surface area contributed by atoms with Crippen LogP contribution in [0, 0.1) is 0 Å². The van der Waals surface area contributed by atoms with Gasteiger partial charge in [0.05, 0.1) is 24.0 Å². The van der Waals surface area contributed by atoms with E-state index in [9.17, 15) is 8.42 Å². The van der Waals surface area contributed by atoms with E-state index in [4.69, 9.17) is 12.2 Å². The summed E-state index contributed by atoms with van der Waals surface area (Å²) in [6, 6.07) is 17.0. The third-order valence-electron chi connectivity index (χ3n) is 4.38. The summed E-state index contributed by atoms with van der Waals surface area (Å²) in [5.41, 5.74) is 2.31. The fraction of sp³-hybridized carbons (Fsp3) is 0.158. The molecule has 1 fully saturated rings. The average molecular weight is 431 g/mol. The predicted molar refractivity (Wildman–Crippen MR) is 117 cm³/mol. The van der Waals surface area contributed by atoms with Crippen LogP contribution in [0.2, 0.25) is 0 Å². The molecule has 2 atom stereocenters. The molecule has 1 saturated heterocycles. The van der Waals surface area contributed by atoms with Gasteiger partial charge in [-0.05, 0) is 60.1 Å². The predicted octanol–water partition coefficient (Wildman–Crippen LogP) is 3.69. The number of sulfonamides is 1. The summed E-state index contributed by atoms with van der Waals surface area (Å²) < 4.78 is 25.4. The third kappa shape index (κ3) is 3.87. The first-order valence-corrected chi connectivity index (χ1v) is 11.7. The van der Waals surface area contributed by atoms with Crippen molar-refractivity contribution in [3.05, 3.63) is 76.7 Å². The lowest BCUT2D eigenvalue weighted by Crippen LogP contribution is -2.29. The van der Waals surface area contributed by atoms with Gasteiger partial charge >= 0.3 is 0 Å². The molecule has 6 nitrogen and oxygen atoms in total. The number of nitrogens with zero attached hydrogens (tertiary/aromatic N) is 2. The molecule has 2 N–H and O–H groups in total. The van der Waals surface area contributed by atoms with Gasteiger partial charge in [-0.2, -0.15) is 0 Å². The van der Waals surface area contributed by atoms with Crippen LogP contribution in [-0.2, 0) is 10.0 Å². The second-order valence-electron chi connectivity index (χ2n) is 6.43. The quantitative estimate of drug-likeness (QED) is 0.602. The van der Waals surface area contributed by atoms with Gasteiger partial charge in [0.2, 0.25) is 10.0 Å². The highest BCUT2D eigenvalue weighted by atomic mass is 32.2. The molecule has 0 radical (unpaired) electrons. The second kappa shape index (κ2) is 7.50. The van der Waals surface area contributed by atoms with Crippen LogP contribution in [0.4, 0.5) is 11.4 Å². The van der Waals surface area contributed by atoms with E-state index in [0.29, 0.717) is 10.8 Å². The number of hydrogen-bond acceptors (Lipinski definition) is 5. The zero-order valence-corrected chi connectivity index (χ0v) is 17.4. The number of benzene rings is 1. The van der Waals surface area contributed by atoms with Crippen LogP contribution >= 0.6 is 23.6 Å². The highest BCUT2D eigenvalue weighted by Gasteiger charge is 2.41. The molecule has 2 aromatic heterocycles. The van der Waals surface area contributed by atoms with Crippen molar-refractivity contribution in [3.8, 4) is 0 Å². The molecule has 1 aliphatic heterocycles. The van der Waals surface area contributed by atoms with Gasteiger partial charge in [0.25, 0.3) is 0 Å². The van der Waals surface area contributed by atoms with Crippen LogP contribution in [0.5, 0.6) is 0 Å². The molecular weight excluding hydrogens is 412 g/mol. The Morgan fingerprint density at radius 1 is 1.14 bits per heavy atom. The normalized spacial score (nSPS) is 19.5. The SMILES string of the molecule is CS(=O)(=O)Nc1ccc(N2C(=S)NC(c3ccccn3)C2c2cccs2)cc1. The van der Waals surface area contributed by atoms with Crippen LogP contribution in [0.25, 0.3) is 0 Å². The van der Waals surface area contributed by atoms with E-state index >= 15 is 0 Å². The standard InChI is InChI=1S/C19H18N4O2S3/c1-28(24,25)22-13-7-9-14(10-8-13)23-18(16-6-4-12-27-16)17(21-19(23)26)15-5-2-3-11-20-15/h2-12,17-18,22H,1H3,(H,21,26). The molecule has 1 aliphatic rings.